The van der Waals surface area contributed by atoms with Crippen LogP contribution >= 0.6 is 0 Å². The first kappa shape index (κ1) is 17.9. The lowest BCUT2D eigenvalue weighted by Gasteiger charge is -2.06. The molecule has 0 fully saturated rings. The maximum Gasteiger partial charge on any atom is 0.311 e. The zero-order valence-corrected chi connectivity index (χ0v) is 13.7. The number of nitro benzene ring substituents is 1. The van der Waals surface area contributed by atoms with Gasteiger partial charge < -0.3 is 9.84 Å². The second kappa shape index (κ2) is 7.91. The first-order chi connectivity index (χ1) is 11.9. The second-order valence-electron chi connectivity index (χ2n) is 5.37. The first-order valence-electron chi connectivity index (χ1n) is 7.36. The van der Waals surface area contributed by atoms with E-state index < -0.39 is 17.4 Å². The highest BCUT2D eigenvalue weighted by atomic mass is 16.6. The SMILES string of the molecule is Cc1ccc(O)c(/C=N/NC(=O)COc2ccc(C)cc2[N+](=O)[O-])c1. The average molecular weight is 343 g/mol. The fourth-order valence-corrected chi connectivity index (χ4v) is 2.02. The molecule has 2 aromatic carbocycles. The molecule has 0 bridgehead atoms. The van der Waals surface area contributed by atoms with E-state index in [9.17, 15) is 20.0 Å². The summed E-state index contributed by atoms with van der Waals surface area (Å²) in [6.07, 6.45) is 1.30. The third-order valence-electron chi connectivity index (χ3n) is 3.25. The smallest absolute Gasteiger partial charge is 0.311 e. The number of carbonyl (C=O) groups is 1. The largest absolute Gasteiger partial charge is 0.507 e. The van der Waals surface area contributed by atoms with Gasteiger partial charge in [-0.05, 0) is 37.6 Å². The molecule has 0 saturated carbocycles. The second-order valence-corrected chi connectivity index (χ2v) is 5.37. The molecular weight excluding hydrogens is 326 g/mol. The van der Waals surface area contributed by atoms with Crippen molar-refractivity contribution in [3.8, 4) is 11.5 Å². The molecule has 1 amide bonds. The van der Waals surface area contributed by atoms with Crippen LogP contribution in [0.25, 0.3) is 0 Å². The van der Waals surface area contributed by atoms with E-state index >= 15 is 0 Å². The summed E-state index contributed by atoms with van der Waals surface area (Å²) in [5.41, 5.74) is 4.12. The zero-order chi connectivity index (χ0) is 18.4. The van der Waals surface area contributed by atoms with E-state index in [0.717, 1.165) is 5.56 Å². The third kappa shape index (κ3) is 5.03. The van der Waals surface area contributed by atoms with Gasteiger partial charge in [0.05, 0.1) is 11.1 Å². The maximum atomic E-state index is 11.7. The molecule has 0 aliphatic rings. The number of phenols is 1. The van der Waals surface area contributed by atoms with Crippen molar-refractivity contribution in [3.05, 3.63) is 63.2 Å². The number of hydrazone groups is 1. The lowest BCUT2D eigenvalue weighted by molar-refractivity contribution is -0.385. The number of rotatable bonds is 6. The van der Waals surface area contributed by atoms with Crippen molar-refractivity contribution in [2.24, 2.45) is 5.10 Å². The number of hydrogen-bond donors (Lipinski definition) is 2. The van der Waals surface area contributed by atoms with Gasteiger partial charge in [-0.15, -0.1) is 0 Å². The Bertz CT molecular complexity index is 833. The highest BCUT2D eigenvalue weighted by Crippen LogP contribution is 2.27. The molecule has 0 heterocycles. The van der Waals surface area contributed by atoms with Crippen molar-refractivity contribution >= 4 is 17.8 Å². The van der Waals surface area contributed by atoms with Crippen molar-refractivity contribution < 1.29 is 19.6 Å². The van der Waals surface area contributed by atoms with Gasteiger partial charge in [-0.2, -0.15) is 5.10 Å². The summed E-state index contributed by atoms with van der Waals surface area (Å²) < 4.78 is 5.18. The fraction of sp³-hybridized carbons (Fsp3) is 0.176. The molecule has 2 N–H and O–H groups in total. The molecule has 0 unspecified atom stereocenters. The summed E-state index contributed by atoms with van der Waals surface area (Å²) in [5, 5.41) is 24.4. The summed E-state index contributed by atoms with van der Waals surface area (Å²) in [5.74, 6) is -0.542. The van der Waals surface area contributed by atoms with Gasteiger partial charge in [-0.25, -0.2) is 5.43 Å². The van der Waals surface area contributed by atoms with E-state index in [1.165, 1.54) is 24.4 Å². The molecule has 0 atom stereocenters. The molecule has 0 saturated heterocycles. The Balaban J connectivity index is 1.94. The van der Waals surface area contributed by atoms with E-state index in [1.807, 2.05) is 6.92 Å². The van der Waals surface area contributed by atoms with Gasteiger partial charge in [-0.3, -0.25) is 14.9 Å². The molecule has 8 heteroatoms. The Labute approximate surface area is 143 Å². The van der Waals surface area contributed by atoms with Gasteiger partial charge in [0, 0.05) is 11.6 Å². The van der Waals surface area contributed by atoms with E-state index in [0.29, 0.717) is 11.1 Å². The van der Waals surface area contributed by atoms with Crippen LogP contribution in [0.4, 0.5) is 5.69 Å². The van der Waals surface area contributed by atoms with Gasteiger partial charge in [0.2, 0.25) is 0 Å². The van der Waals surface area contributed by atoms with Crippen LogP contribution in [0.5, 0.6) is 11.5 Å². The fourth-order valence-electron chi connectivity index (χ4n) is 2.02. The van der Waals surface area contributed by atoms with Gasteiger partial charge in [-0.1, -0.05) is 17.7 Å². The predicted octanol–water partition coefficient (Wildman–Crippen LogP) is 2.45. The van der Waals surface area contributed by atoms with Gasteiger partial charge in [0.15, 0.2) is 12.4 Å². The van der Waals surface area contributed by atoms with Crippen LogP contribution in [-0.4, -0.2) is 28.8 Å². The number of nitro groups is 1. The van der Waals surface area contributed by atoms with Crippen molar-refractivity contribution in [1.82, 2.24) is 5.43 Å². The molecule has 0 spiro atoms. The van der Waals surface area contributed by atoms with Crippen LogP contribution in [0.1, 0.15) is 16.7 Å². The molecule has 130 valence electrons. The van der Waals surface area contributed by atoms with Crippen molar-refractivity contribution in [3.63, 3.8) is 0 Å². The predicted molar refractivity (Wildman–Crippen MR) is 91.9 cm³/mol. The quantitative estimate of drug-likeness (QED) is 0.475. The molecule has 0 radical (unpaired) electrons. The van der Waals surface area contributed by atoms with E-state index in [-0.39, 0.29) is 17.2 Å². The Morgan fingerprint density at radius 1 is 1.28 bits per heavy atom. The normalized spacial score (nSPS) is 10.6. The van der Waals surface area contributed by atoms with E-state index in [1.54, 1.807) is 25.1 Å². The van der Waals surface area contributed by atoms with Crippen LogP contribution in [0.2, 0.25) is 0 Å². The number of aryl methyl sites for hydroxylation is 2. The number of amides is 1. The van der Waals surface area contributed by atoms with Gasteiger partial charge in [0.1, 0.15) is 5.75 Å². The van der Waals surface area contributed by atoms with Crippen molar-refractivity contribution in [2.45, 2.75) is 13.8 Å². The zero-order valence-electron chi connectivity index (χ0n) is 13.7. The minimum absolute atomic E-state index is 0.00561. The third-order valence-corrected chi connectivity index (χ3v) is 3.25. The molecule has 2 rings (SSSR count). The Hall–Kier alpha value is -3.42. The van der Waals surface area contributed by atoms with Crippen LogP contribution in [-0.2, 0) is 4.79 Å². The minimum atomic E-state index is -0.585. The molecule has 2 aromatic rings. The maximum absolute atomic E-state index is 11.7. The highest BCUT2D eigenvalue weighted by Gasteiger charge is 2.16. The number of nitrogens with one attached hydrogen (secondary N) is 1. The number of ether oxygens (including phenoxy) is 1. The Kier molecular flexibility index (Phi) is 5.67. The van der Waals surface area contributed by atoms with E-state index in [2.05, 4.69) is 10.5 Å². The number of hydrogen-bond acceptors (Lipinski definition) is 6. The lowest BCUT2D eigenvalue weighted by atomic mass is 10.1. The van der Waals surface area contributed by atoms with Crippen molar-refractivity contribution in [2.75, 3.05) is 6.61 Å². The van der Waals surface area contributed by atoms with Crippen LogP contribution < -0.4 is 10.2 Å². The van der Waals surface area contributed by atoms with Gasteiger partial charge >= 0.3 is 5.69 Å². The minimum Gasteiger partial charge on any atom is -0.507 e. The molecular formula is C17H17N3O5. The summed E-state index contributed by atoms with van der Waals surface area (Å²) in [6, 6.07) is 9.43. The summed E-state index contributed by atoms with van der Waals surface area (Å²) in [4.78, 5) is 22.1. The number of benzene rings is 2. The topological polar surface area (TPSA) is 114 Å². The molecule has 0 aliphatic heterocycles. The number of aromatic hydroxyl groups is 1. The van der Waals surface area contributed by atoms with E-state index in [4.69, 9.17) is 4.74 Å². The van der Waals surface area contributed by atoms with Crippen LogP contribution in [0, 0.1) is 24.0 Å². The van der Waals surface area contributed by atoms with Crippen LogP contribution in [0.15, 0.2) is 41.5 Å². The molecule has 0 aliphatic carbocycles. The summed E-state index contributed by atoms with van der Waals surface area (Å²) >= 11 is 0. The first-order valence-corrected chi connectivity index (χ1v) is 7.36. The van der Waals surface area contributed by atoms with Crippen molar-refractivity contribution in [1.29, 1.82) is 0 Å². The van der Waals surface area contributed by atoms with Gasteiger partial charge in [0.25, 0.3) is 5.91 Å². The number of nitrogens with zero attached hydrogens (tertiary/aromatic N) is 2. The Morgan fingerprint density at radius 3 is 2.68 bits per heavy atom. The standard InChI is InChI=1S/C17H17N3O5/c1-11-3-5-15(21)13(7-11)9-18-19-17(22)10-25-16-6-4-12(2)8-14(16)20(23)24/h3-9,21H,10H2,1-2H3,(H,19,22)/b18-9+. The molecule has 8 nitrogen and oxygen atoms in total. The number of carbonyl (C=O) groups excluding carboxylic acids is 1. The highest BCUT2D eigenvalue weighted by molar-refractivity contribution is 5.85. The summed E-state index contributed by atoms with van der Waals surface area (Å²) in [7, 11) is 0. The molecule has 25 heavy (non-hydrogen) atoms. The molecule has 0 aromatic heterocycles. The number of phenolic OH excluding ortho intramolecular Hbond substituents is 1. The average Bonchev–Trinajstić information content (AvgIpc) is 2.56. The lowest BCUT2D eigenvalue weighted by Crippen LogP contribution is -2.24. The monoisotopic (exact) mass is 343 g/mol. The Morgan fingerprint density at radius 2 is 1.96 bits per heavy atom. The summed E-state index contributed by atoms with van der Waals surface area (Å²) in [6.45, 7) is 3.15. The van der Waals surface area contributed by atoms with Crippen LogP contribution in [0.3, 0.4) is 0 Å².